The average molecular weight is 455 g/mol. The molecule has 1 aliphatic rings. The smallest absolute Gasteiger partial charge is 0.266 e. The van der Waals surface area contributed by atoms with Crippen molar-refractivity contribution < 1.29 is 14.3 Å². The van der Waals surface area contributed by atoms with E-state index in [-0.39, 0.29) is 18.2 Å². The highest BCUT2D eigenvalue weighted by Gasteiger charge is 2.31. The molecule has 3 rings (SSSR count). The van der Waals surface area contributed by atoms with Gasteiger partial charge in [0.25, 0.3) is 5.91 Å². The van der Waals surface area contributed by atoms with Gasteiger partial charge in [0, 0.05) is 13.0 Å². The number of rotatable bonds is 9. The van der Waals surface area contributed by atoms with Crippen molar-refractivity contribution in [2.45, 2.75) is 33.1 Å². The number of nitrogens with zero attached hydrogens (tertiary/aromatic N) is 1. The molecule has 2 aromatic rings. The maximum absolute atomic E-state index is 12.8. The Labute approximate surface area is 192 Å². The number of aryl methyl sites for hydroxylation is 1. The molecule has 1 fully saturated rings. The Kier molecular flexibility index (Phi) is 8.26. The fourth-order valence-electron chi connectivity index (χ4n) is 3.16. The van der Waals surface area contributed by atoms with Gasteiger partial charge in [0.1, 0.15) is 10.1 Å². The molecule has 0 spiro atoms. The summed E-state index contributed by atoms with van der Waals surface area (Å²) in [5.74, 6) is 0.424. The summed E-state index contributed by atoms with van der Waals surface area (Å²) in [6.45, 7) is 4.95. The lowest BCUT2D eigenvalue weighted by atomic mass is 10.1. The SMILES string of the molecule is CCOc1ccccc1NC(=O)CCCN1C(=O)/C(=C/c2ccc(CC)cc2)SC1=S. The number of thioether (sulfide) groups is 1. The van der Waals surface area contributed by atoms with Crippen molar-refractivity contribution in [1.82, 2.24) is 4.90 Å². The number of nitrogens with one attached hydrogen (secondary N) is 1. The maximum Gasteiger partial charge on any atom is 0.266 e. The lowest BCUT2D eigenvalue weighted by molar-refractivity contribution is -0.122. The minimum Gasteiger partial charge on any atom is -0.492 e. The molecule has 1 N–H and O–H groups in total. The van der Waals surface area contributed by atoms with Crippen molar-refractivity contribution in [2.75, 3.05) is 18.5 Å². The predicted octanol–water partition coefficient (Wildman–Crippen LogP) is 5.27. The minimum absolute atomic E-state index is 0.100. The van der Waals surface area contributed by atoms with Crippen molar-refractivity contribution in [2.24, 2.45) is 0 Å². The van der Waals surface area contributed by atoms with Gasteiger partial charge in [0.15, 0.2) is 0 Å². The lowest BCUT2D eigenvalue weighted by Crippen LogP contribution is -2.29. The topological polar surface area (TPSA) is 58.6 Å². The van der Waals surface area contributed by atoms with E-state index in [9.17, 15) is 9.59 Å². The van der Waals surface area contributed by atoms with Crippen LogP contribution in [0.25, 0.3) is 6.08 Å². The second-order valence-corrected chi connectivity index (χ2v) is 8.69. The van der Waals surface area contributed by atoms with E-state index < -0.39 is 0 Å². The summed E-state index contributed by atoms with van der Waals surface area (Å²) >= 11 is 6.70. The van der Waals surface area contributed by atoms with E-state index in [1.165, 1.54) is 17.3 Å². The first-order chi connectivity index (χ1) is 15.0. The molecule has 1 heterocycles. The van der Waals surface area contributed by atoms with Crippen molar-refractivity contribution in [3.05, 3.63) is 64.6 Å². The number of carbonyl (C=O) groups excluding carboxylic acids is 2. The summed E-state index contributed by atoms with van der Waals surface area (Å²) in [5.41, 5.74) is 2.88. The van der Waals surface area contributed by atoms with E-state index in [2.05, 4.69) is 24.4 Å². The summed E-state index contributed by atoms with van der Waals surface area (Å²) < 4.78 is 6.06. The number of carbonyl (C=O) groups is 2. The average Bonchev–Trinajstić information content (AvgIpc) is 3.03. The molecule has 0 radical (unpaired) electrons. The highest BCUT2D eigenvalue weighted by Crippen LogP contribution is 2.33. The fourth-order valence-corrected chi connectivity index (χ4v) is 4.46. The molecule has 2 amide bonds. The lowest BCUT2D eigenvalue weighted by Gasteiger charge is -2.14. The summed E-state index contributed by atoms with van der Waals surface area (Å²) in [4.78, 5) is 27.3. The third-order valence-corrected chi connectivity index (χ3v) is 6.18. The fraction of sp³-hybridized carbons (Fsp3) is 0.292. The molecule has 0 unspecified atom stereocenters. The monoisotopic (exact) mass is 454 g/mol. The molecule has 0 aromatic heterocycles. The van der Waals surface area contributed by atoms with Gasteiger partial charge in [-0.1, -0.05) is 67.3 Å². The number of para-hydroxylation sites is 2. The minimum atomic E-state index is -0.121. The first-order valence-electron chi connectivity index (χ1n) is 10.4. The molecule has 1 aliphatic heterocycles. The van der Waals surface area contributed by atoms with Crippen molar-refractivity contribution in [1.29, 1.82) is 0 Å². The van der Waals surface area contributed by atoms with Crippen LogP contribution in [0.3, 0.4) is 0 Å². The summed E-state index contributed by atoms with van der Waals surface area (Å²) in [6, 6.07) is 15.5. The highest BCUT2D eigenvalue weighted by atomic mass is 32.2. The van der Waals surface area contributed by atoms with Crippen LogP contribution < -0.4 is 10.1 Å². The van der Waals surface area contributed by atoms with Crippen LogP contribution in [-0.2, 0) is 16.0 Å². The summed E-state index contributed by atoms with van der Waals surface area (Å²) in [5, 5.41) is 2.88. The van der Waals surface area contributed by atoms with Gasteiger partial charge >= 0.3 is 0 Å². The summed E-state index contributed by atoms with van der Waals surface area (Å²) in [6.07, 6.45) is 3.66. The number of anilines is 1. The van der Waals surface area contributed by atoms with Gasteiger partial charge in [0.2, 0.25) is 5.91 Å². The molecule has 0 bridgehead atoms. The molecule has 1 saturated heterocycles. The van der Waals surface area contributed by atoms with E-state index in [1.54, 1.807) is 4.90 Å². The van der Waals surface area contributed by atoms with Crippen LogP contribution in [0.15, 0.2) is 53.4 Å². The Morgan fingerprint density at radius 2 is 1.90 bits per heavy atom. The van der Waals surface area contributed by atoms with Crippen LogP contribution in [-0.4, -0.2) is 34.2 Å². The molecule has 0 aliphatic carbocycles. The van der Waals surface area contributed by atoms with E-state index in [4.69, 9.17) is 17.0 Å². The van der Waals surface area contributed by atoms with Gasteiger partial charge in [-0.05, 0) is 49.1 Å². The largest absolute Gasteiger partial charge is 0.492 e. The highest BCUT2D eigenvalue weighted by molar-refractivity contribution is 8.26. The Hall–Kier alpha value is -2.64. The maximum atomic E-state index is 12.8. The quantitative estimate of drug-likeness (QED) is 0.413. The van der Waals surface area contributed by atoms with Crippen LogP contribution in [0, 0.1) is 0 Å². The van der Waals surface area contributed by atoms with Crippen molar-refractivity contribution in [3.63, 3.8) is 0 Å². The Morgan fingerprint density at radius 3 is 2.61 bits per heavy atom. The summed E-state index contributed by atoms with van der Waals surface area (Å²) in [7, 11) is 0. The number of hydrogen-bond donors (Lipinski definition) is 1. The van der Waals surface area contributed by atoms with Crippen LogP contribution in [0.5, 0.6) is 5.75 Å². The van der Waals surface area contributed by atoms with E-state index in [1.807, 2.05) is 49.4 Å². The first kappa shape index (κ1) is 23.0. The van der Waals surface area contributed by atoms with E-state index in [0.29, 0.717) is 40.2 Å². The molecule has 5 nitrogen and oxygen atoms in total. The zero-order valence-electron chi connectivity index (χ0n) is 17.7. The van der Waals surface area contributed by atoms with Crippen LogP contribution >= 0.6 is 24.0 Å². The Balaban J connectivity index is 1.53. The van der Waals surface area contributed by atoms with Crippen LogP contribution in [0.4, 0.5) is 5.69 Å². The second-order valence-electron chi connectivity index (χ2n) is 7.01. The van der Waals surface area contributed by atoms with Crippen molar-refractivity contribution >= 4 is 51.9 Å². The molecule has 2 aromatic carbocycles. The van der Waals surface area contributed by atoms with Gasteiger partial charge in [-0.25, -0.2) is 0 Å². The third-order valence-electron chi connectivity index (χ3n) is 4.81. The molecular formula is C24H26N2O3S2. The second kappa shape index (κ2) is 11.1. The number of benzene rings is 2. The van der Waals surface area contributed by atoms with Crippen LogP contribution in [0.1, 0.15) is 37.8 Å². The third kappa shape index (κ3) is 6.18. The number of amides is 2. The Morgan fingerprint density at radius 1 is 1.16 bits per heavy atom. The van der Waals surface area contributed by atoms with Gasteiger partial charge in [-0.2, -0.15) is 0 Å². The molecule has 7 heteroatoms. The van der Waals surface area contributed by atoms with Crippen LogP contribution in [0.2, 0.25) is 0 Å². The van der Waals surface area contributed by atoms with Gasteiger partial charge < -0.3 is 10.1 Å². The number of hydrogen-bond acceptors (Lipinski definition) is 5. The van der Waals surface area contributed by atoms with Gasteiger partial charge in [-0.15, -0.1) is 0 Å². The zero-order valence-corrected chi connectivity index (χ0v) is 19.4. The predicted molar refractivity (Wildman–Crippen MR) is 131 cm³/mol. The standard InChI is InChI=1S/C24H26N2O3S2/c1-3-17-11-13-18(14-12-17)16-21-23(28)26(24(30)31-21)15-7-10-22(27)25-19-8-5-6-9-20(19)29-4-2/h5-6,8-9,11-14,16H,3-4,7,10,15H2,1-2H3,(H,25,27)/b21-16-. The Bertz CT molecular complexity index is 987. The number of ether oxygens (including phenoxy) is 1. The normalized spacial score (nSPS) is 14.9. The molecule has 0 atom stereocenters. The van der Waals surface area contributed by atoms with E-state index in [0.717, 1.165) is 12.0 Å². The molecule has 31 heavy (non-hydrogen) atoms. The zero-order chi connectivity index (χ0) is 22.2. The molecule has 162 valence electrons. The molecule has 0 saturated carbocycles. The van der Waals surface area contributed by atoms with Crippen molar-refractivity contribution in [3.8, 4) is 5.75 Å². The number of thiocarbonyl (C=S) groups is 1. The first-order valence-corrected chi connectivity index (χ1v) is 11.6. The van der Waals surface area contributed by atoms with Gasteiger partial charge in [-0.3, -0.25) is 14.5 Å². The van der Waals surface area contributed by atoms with Gasteiger partial charge in [0.05, 0.1) is 17.2 Å². The molecular weight excluding hydrogens is 428 g/mol. The van der Waals surface area contributed by atoms with E-state index >= 15 is 0 Å².